The first kappa shape index (κ1) is 18.3. The van der Waals surface area contributed by atoms with Crippen LogP contribution in [-0.2, 0) is 4.79 Å². The van der Waals surface area contributed by atoms with Gasteiger partial charge in [0.15, 0.2) is 0 Å². The highest BCUT2D eigenvalue weighted by atomic mass is 16.5. The van der Waals surface area contributed by atoms with Gasteiger partial charge in [0.25, 0.3) is 5.91 Å². The van der Waals surface area contributed by atoms with E-state index in [4.69, 9.17) is 9.47 Å². The Balaban J connectivity index is 2.06. The highest BCUT2D eigenvalue weighted by molar-refractivity contribution is 6.01. The number of likely N-dealkylation sites (N-methyl/N-ethyl adjacent to an activating group) is 1. The van der Waals surface area contributed by atoms with Gasteiger partial charge in [-0.1, -0.05) is 17.7 Å². The van der Waals surface area contributed by atoms with Crippen LogP contribution in [0.4, 0.5) is 5.69 Å². The molecule has 2 amide bonds. The molecule has 0 bridgehead atoms. The summed E-state index contributed by atoms with van der Waals surface area (Å²) >= 11 is 0. The second-order valence-corrected chi connectivity index (χ2v) is 5.64. The largest absolute Gasteiger partial charge is 0.497 e. The molecule has 0 fully saturated rings. The van der Waals surface area contributed by atoms with Gasteiger partial charge in [-0.2, -0.15) is 0 Å². The predicted molar refractivity (Wildman–Crippen MR) is 96.3 cm³/mol. The Labute approximate surface area is 147 Å². The monoisotopic (exact) mass is 342 g/mol. The number of ether oxygens (including phenoxy) is 2. The molecule has 1 N–H and O–H groups in total. The summed E-state index contributed by atoms with van der Waals surface area (Å²) in [5.41, 5.74) is 2.14. The fraction of sp³-hybridized carbons (Fsp3) is 0.263. The van der Waals surface area contributed by atoms with E-state index in [1.54, 1.807) is 25.2 Å². The summed E-state index contributed by atoms with van der Waals surface area (Å²) in [5.74, 6) is 0.370. The molecule has 0 heterocycles. The number of nitrogens with one attached hydrogen (secondary N) is 1. The van der Waals surface area contributed by atoms with Gasteiger partial charge < -0.3 is 19.7 Å². The van der Waals surface area contributed by atoms with Crippen molar-refractivity contribution in [1.29, 1.82) is 0 Å². The van der Waals surface area contributed by atoms with Crippen molar-refractivity contribution >= 4 is 17.5 Å². The average molecular weight is 342 g/mol. The van der Waals surface area contributed by atoms with Crippen molar-refractivity contribution < 1.29 is 19.1 Å². The number of nitrogens with zero attached hydrogens (tertiary/aromatic N) is 1. The summed E-state index contributed by atoms with van der Waals surface area (Å²) in [6.45, 7) is 1.90. The molecule has 0 aliphatic carbocycles. The van der Waals surface area contributed by atoms with Crippen molar-refractivity contribution in [2.24, 2.45) is 0 Å². The van der Waals surface area contributed by atoms with E-state index in [1.807, 2.05) is 31.2 Å². The van der Waals surface area contributed by atoms with Crippen molar-refractivity contribution in [2.45, 2.75) is 6.92 Å². The van der Waals surface area contributed by atoms with E-state index >= 15 is 0 Å². The topological polar surface area (TPSA) is 67.9 Å². The Kier molecular flexibility index (Phi) is 6.00. The van der Waals surface area contributed by atoms with Crippen molar-refractivity contribution in [3.8, 4) is 11.5 Å². The standard InChI is InChI=1S/C19H22N2O4/c1-13-5-7-14(8-6-13)20-18(22)12-21(2)19(23)16-11-15(24-3)9-10-17(16)25-4/h5-11H,12H2,1-4H3,(H,20,22). The molecule has 6 nitrogen and oxygen atoms in total. The quantitative estimate of drug-likeness (QED) is 0.876. The van der Waals surface area contributed by atoms with Crippen LogP contribution in [-0.4, -0.2) is 44.5 Å². The van der Waals surface area contributed by atoms with Crippen LogP contribution in [0.1, 0.15) is 15.9 Å². The molecule has 2 aromatic carbocycles. The minimum atomic E-state index is -0.324. The van der Waals surface area contributed by atoms with Gasteiger partial charge in [0, 0.05) is 12.7 Å². The maximum atomic E-state index is 12.6. The van der Waals surface area contributed by atoms with E-state index in [2.05, 4.69) is 5.32 Å². The lowest BCUT2D eigenvalue weighted by atomic mass is 10.1. The van der Waals surface area contributed by atoms with Crippen molar-refractivity contribution in [3.05, 3.63) is 53.6 Å². The third kappa shape index (κ3) is 4.73. The molecular weight excluding hydrogens is 320 g/mol. The highest BCUT2D eigenvalue weighted by Crippen LogP contribution is 2.25. The first-order chi connectivity index (χ1) is 11.9. The van der Waals surface area contributed by atoms with E-state index in [9.17, 15) is 9.59 Å². The Bertz CT molecular complexity index is 757. The zero-order valence-electron chi connectivity index (χ0n) is 14.8. The highest BCUT2D eigenvalue weighted by Gasteiger charge is 2.19. The van der Waals surface area contributed by atoms with Crippen LogP contribution >= 0.6 is 0 Å². The van der Waals surface area contributed by atoms with Gasteiger partial charge in [0.2, 0.25) is 5.91 Å². The van der Waals surface area contributed by atoms with Crippen LogP contribution in [0.2, 0.25) is 0 Å². The first-order valence-corrected chi connectivity index (χ1v) is 7.78. The normalized spacial score (nSPS) is 10.1. The molecule has 25 heavy (non-hydrogen) atoms. The van der Waals surface area contributed by atoms with E-state index in [0.29, 0.717) is 22.7 Å². The first-order valence-electron chi connectivity index (χ1n) is 7.78. The van der Waals surface area contributed by atoms with Gasteiger partial charge in [-0.15, -0.1) is 0 Å². The summed E-state index contributed by atoms with van der Waals surface area (Å²) in [6.07, 6.45) is 0. The lowest BCUT2D eigenvalue weighted by Crippen LogP contribution is -2.35. The number of methoxy groups -OCH3 is 2. The molecule has 0 saturated carbocycles. The number of rotatable bonds is 6. The van der Waals surface area contributed by atoms with E-state index in [1.165, 1.54) is 19.1 Å². The summed E-state index contributed by atoms with van der Waals surface area (Å²) in [4.78, 5) is 26.1. The number of carbonyl (C=O) groups excluding carboxylic acids is 2. The molecule has 0 atom stereocenters. The number of carbonyl (C=O) groups is 2. The van der Waals surface area contributed by atoms with Gasteiger partial charge in [-0.25, -0.2) is 0 Å². The lowest BCUT2D eigenvalue weighted by molar-refractivity contribution is -0.116. The van der Waals surface area contributed by atoms with Gasteiger partial charge in [0.1, 0.15) is 11.5 Å². The Morgan fingerprint density at radius 1 is 1.04 bits per heavy atom. The molecule has 0 saturated heterocycles. The van der Waals surface area contributed by atoms with E-state index < -0.39 is 0 Å². The molecule has 0 radical (unpaired) electrons. The smallest absolute Gasteiger partial charge is 0.257 e. The number of aryl methyl sites for hydroxylation is 1. The van der Waals surface area contributed by atoms with Crippen molar-refractivity contribution in [2.75, 3.05) is 33.1 Å². The van der Waals surface area contributed by atoms with Crippen LogP contribution in [0.5, 0.6) is 11.5 Å². The number of hydrogen-bond acceptors (Lipinski definition) is 4. The van der Waals surface area contributed by atoms with Crippen LogP contribution < -0.4 is 14.8 Å². The average Bonchev–Trinajstić information content (AvgIpc) is 2.62. The van der Waals surface area contributed by atoms with Crippen LogP contribution in [0.15, 0.2) is 42.5 Å². The molecular formula is C19H22N2O4. The molecule has 132 valence electrons. The molecule has 0 unspecified atom stereocenters. The zero-order valence-corrected chi connectivity index (χ0v) is 14.8. The lowest BCUT2D eigenvalue weighted by Gasteiger charge is -2.19. The minimum Gasteiger partial charge on any atom is -0.497 e. The number of benzene rings is 2. The Morgan fingerprint density at radius 3 is 2.32 bits per heavy atom. The van der Waals surface area contributed by atoms with Gasteiger partial charge in [-0.3, -0.25) is 9.59 Å². The number of hydrogen-bond donors (Lipinski definition) is 1. The maximum Gasteiger partial charge on any atom is 0.257 e. The summed E-state index contributed by atoms with van der Waals surface area (Å²) < 4.78 is 10.4. The number of anilines is 1. The second kappa shape index (κ2) is 8.19. The van der Waals surface area contributed by atoms with Crippen molar-refractivity contribution in [3.63, 3.8) is 0 Å². The molecule has 0 aliphatic rings. The fourth-order valence-electron chi connectivity index (χ4n) is 2.31. The van der Waals surface area contributed by atoms with Gasteiger partial charge >= 0.3 is 0 Å². The molecule has 0 spiro atoms. The van der Waals surface area contributed by atoms with Crippen LogP contribution in [0.25, 0.3) is 0 Å². The minimum absolute atomic E-state index is 0.0763. The van der Waals surface area contributed by atoms with Gasteiger partial charge in [0.05, 0.1) is 26.3 Å². The number of amides is 2. The van der Waals surface area contributed by atoms with Crippen molar-refractivity contribution in [1.82, 2.24) is 4.90 Å². The third-order valence-electron chi connectivity index (χ3n) is 3.70. The molecule has 6 heteroatoms. The Hall–Kier alpha value is -3.02. The zero-order chi connectivity index (χ0) is 18.4. The summed E-state index contributed by atoms with van der Waals surface area (Å²) in [7, 11) is 4.58. The molecule has 0 aliphatic heterocycles. The van der Waals surface area contributed by atoms with Crippen LogP contribution in [0, 0.1) is 6.92 Å². The maximum absolute atomic E-state index is 12.6. The third-order valence-corrected chi connectivity index (χ3v) is 3.70. The Morgan fingerprint density at radius 2 is 1.72 bits per heavy atom. The van der Waals surface area contributed by atoms with Gasteiger partial charge in [-0.05, 0) is 37.3 Å². The predicted octanol–water partition coefficient (Wildman–Crippen LogP) is 2.72. The van der Waals surface area contributed by atoms with Crippen LogP contribution in [0.3, 0.4) is 0 Å². The van der Waals surface area contributed by atoms with E-state index in [-0.39, 0.29) is 18.4 Å². The fourth-order valence-corrected chi connectivity index (χ4v) is 2.31. The second-order valence-electron chi connectivity index (χ2n) is 5.64. The summed E-state index contributed by atoms with van der Waals surface area (Å²) in [6, 6.07) is 12.4. The van der Waals surface area contributed by atoms with E-state index in [0.717, 1.165) is 5.56 Å². The SMILES string of the molecule is COc1ccc(OC)c(C(=O)N(C)CC(=O)Nc2ccc(C)cc2)c1. The molecule has 2 rings (SSSR count). The summed E-state index contributed by atoms with van der Waals surface area (Å²) in [5, 5.41) is 2.77. The molecule has 0 aromatic heterocycles. The molecule has 2 aromatic rings.